The van der Waals surface area contributed by atoms with Crippen molar-refractivity contribution < 1.29 is 22.8 Å². The summed E-state index contributed by atoms with van der Waals surface area (Å²) in [5.74, 6) is 0.146. The van der Waals surface area contributed by atoms with E-state index in [1.54, 1.807) is 6.92 Å². The van der Waals surface area contributed by atoms with Crippen molar-refractivity contribution in [3.8, 4) is 0 Å². The summed E-state index contributed by atoms with van der Waals surface area (Å²) in [6.45, 7) is 2.95. The smallest absolute Gasteiger partial charge is 0.349 e. The van der Waals surface area contributed by atoms with Gasteiger partial charge in [0.1, 0.15) is 0 Å². The molecule has 2 amide bonds. The van der Waals surface area contributed by atoms with Crippen LogP contribution in [0, 0.1) is 11.8 Å². The number of carbonyl (C=O) groups is 2. The summed E-state index contributed by atoms with van der Waals surface area (Å²) >= 11 is 0. The van der Waals surface area contributed by atoms with Crippen molar-refractivity contribution in [1.82, 2.24) is 10.2 Å². The van der Waals surface area contributed by atoms with Gasteiger partial charge in [0.05, 0.1) is 11.6 Å². The number of piperidine rings is 1. The molecular weight excluding hydrogens is 345 g/mol. The molecule has 1 saturated heterocycles. The number of nitrogens with zero attached hydrogens (tertiary/aromatic N) is 1. The zero-order chi connectivity index (χ0) is 18.9. The molecule has 1 aliphatic heterocycles. The zero-order valence-corrected chi connectivity index (χ0v) is 14.7. The molecule has 1 aromatic carbocycles. The Kier molecular flexibility index (Phi) is 5.25. The number of carbonyl (C=O) groups excluding carboxylic acids is 2. The summed E-state index contributed by atoms with van der Waals surface area (Å²) in [5, 5.41) is 2.88. The first-order valence-electron chi connectivity index (χ1n) is 9.02. The van der Waals surface area contributed by atoms with Crippen molar-refractivity contribution in [3.63, 3.8) is 0 Å². The van der Waals surface area contributed by atoms with E-state index >= 15 is 0 Å². The van der Waals surface area contributed by atoms with Crippen molar-refractivity contribution in [3.05, 3.63) is 35.4 Å². The van der Waals surface area contributed by atoms with Crippen molar-refractivity contribution in [2.24, 2.45) is 11.8 Å². The van der Waals surface area contributed by atoms with E-state index in [0.29, 0.717) is 31.5 Å². The van der Waals surface area contributed by atoms with E-state index in [2.05, 4.69) is 5.32 Å². The Balaban J connectivity index is 1.50. The lowest BCUT2D eigenvalue weighted by atomic mass is 9.94. The highest BCUT2D eigenvalue weighted by atomic mass is 19.4. The minimum Gasteiger partial charge on any atom is -0.349 e. The summed E-state index contributed by atoms with van der Waals surface area (Å²) in [6, 6.07) is 4.48. The maximum atomic E-state index is 12.6. The first-order valence-corrected chi connectivity index (χ1v) is 9.02. The Bertz CT molecular complexity index is 660. The Hall–Kier alpha value is -2.05. The number of halogens is 3. The first-order chi connectivity index (χ1) is 12.3. The van der Waals surface area contributed by atoms with E-state index in [9.17, 15) is 22.8 Å². The van der Waals surface area contributed by atoms with Crippen LogP contribution in [-0.4, -0.2) is 29.8 Å². The number of likely N-dealkylation sites (tertiary alicyclic amines) is 1. The zero-order valence-electron chi connectivity index (χ0n) is 14.7. The van der Waals surface area contributed by atoms with E-state index in [1.807, 2.05) is 4.90 Å². The van der Waals surface area contributed by atoms with Gasteiger partial charge in [0.2, 0.25) is 11.8 Å². The van der Waals surface area contributed by atoms with Crippen LogP contribution in [0.1, 0.15) is 49.8 Å². The second kappa shape index (κ2) is 7.29. The van der Waals surface area contributed by atoms with Gasteiger partial charge in [0.15, 0.2) is 0 Å². The monoisotopic (exact) mass is 368 g/mol. The fraction of sp³-hybridized carbons (Fsp3) is 0.579. The van der Waals surface area contributed by atoms with Gasteiger partial charge >= 0.3 is 6.18 Å². The topological polar surface area (TPSA) is 49.4 Å². The molecule has 0 spiro atoms. The van der Waals surface area contributed by atoms with Crippen molar-refractivity contribution in [2.45, 2.75) is 44.8 Å². The number of nitrogens with one attached hydrogen (secondary N) is 1. The highest BCUT2D eigenvalue weighted by Gasteiger charge is 2.36. The van der Waals surface area contributed by atoms with Crippen LogP contribution in [0.25, 0.3) is 0 Å². The molecule has 1 unspecified atom stereocenters. The van der Waals surface area contributed by atoms with E-state index in [0.717, 1.165) is 25.0 Å². The fourth-order valence-electron chi connectivity index (χ4n) is 3.33. The maximum Gasteiger partial charge on any atom is 0.416 e. The molecule has 26 heavy (non-hydrogen) atoms. The molecule has 3 rings (SSSR count). The number of alkyl halides is 3. The van der Waals surface area contributed by atoms with E-state index in [4.69, 9.17) is 0 Å². The maximum absolute atomic E-state index is 12.6. The van der Waals surface area contributed by atoms with Gasteiger partial charge < -0.3 is 10.2 Å². The van der Waals surface area contributed by atoms with Crippen LogP contribution in [0.3, 0.4) is 0 Å². The summed E-state index contributed by atoms with van der Waals surface area (Å²) in [7, 11) is 0. The predicted octanol–water partition coefficient (Wildman–Crippen LogP) is 3.53. The third-order valence-corrected chi connectivity index (χ3v) is 5.20. The molecule has 4 nitrogen and oxygen atoms in total. The molecule has 1 N–H and O–H groups in total. The molecule has 1 saturated carbocycles. The Morgan fingerprint density at radius 2 is 1.62 bits per heavy atom. The average molecular weight is 368 g/mol. The second-order valence-electron chi connectivity index (χ2n) is 7.22. The highest BCUT2D eigenvalue weighted by Crippen LogP contribution is 2.33. The third kappa shape index (κ3) is 4.37. The molecule has 142 valence electrons. The standard InChI is InChI=1S/C19H23F3N2O2/c1-12(13-4-6-16(7-5-13)19(20,21)22)23-17(25)14-8-10-24(11-9-14)18(26)15-2-3-15/h4-7,12,14-15H,2-3,8-11H2,1H3,(H,23,25). The lowest BCUT2D eigenvalue weighted by molar-refractivity contribution is -0.137. The lowest BCUT2D eigenvalue weighted by Crippen LogP contribution is -2.44. The predicted molar refractivity (Wildman–Crippen MR) is 90.0 cm³/mol. The van der Waals surface area contributed by atoms with Gasteiger partial charge in [-0.3, -0.25) is 9.59 Å². The molecule has 7 heteroatoms. The van der Waals surface area contributed by atoms with Gasteiger partial charge in [-0.05, 0) is 50.3 Å². The largest absolute Gasteiger partial charge is 0.416 e. The molecular formula is C19H23F3N2O2. The molecule has 2 fully saturated rings. The fourth-order valence-corrected chi connectivity index (χ4v) is 3.33. The van der Waals surface area contributed by atoms with E-state index in [-0.39, 0.29) is 29.7 Å². The van der Waals surface area contributed by atoms with Crippen LogP contribution >= 0.6 is 0 Å². The van der Waals surface area contributed by atoms with E-state index < -0.39 is 11.7 Å². The number of benzene rings is 1. The minimum atomic E-state index is -4.36. The van der Waals surface area contributed by atoms with Gasteiger partial charge in [0, 0.05) is 24.9 Å². The third-order valence-electron chi connectivity index (χ3n) is 5.20. The molecule has 0 aromatic heterocycles. The van der Waals surface area contributed by atoms with Gasteiger partial charge in [-0.25, -0.2) is 0 Å². The van der Waals surface area contributed by atoms with Crippen LogP contribution < -0.4 is 5.32 Å². The Morgan fingerprint density at radius 1 is 1.04 bits per heavy atom. The van der Waals surface area contributed by atoms with Gasteiger partial charge in [-0.1, -0.05) is 12.1 Å². The van der Waals surface area contributed by atoms with Crippen LogP contribution in [-0.2, 0) is 15.8 Å². The number of hydrogen-bond acceptors (Lipinski definition) is 2. The quantitative estimate of drug-likeness (QED) is 0.884. The lowest BCUT2D eigenvalue weighted by Gasteiger charge is -2.32. The minimum absolute atomic E-state index is 0.101. The SMILES string of the molecule is CC(NC(=O)C1CCN(C(=O)C2CC2)CC1)c1ccc(C(F)(F)F)cc1. The molecule has 1 atom stereocenters. The van der Waals surface area contributed by atoms with Crippen LogP contribution in [0.4, 0.5) is 13.2 Å². The summed E-state index contributed by atoms with van der Waals surface area (Å²) in [6.07, 6.45) is -1.15. The van der Waals surface area contributed by atoms with Crippen molar-refractivity contribution in [1.29, 1.82) is 0 Å². The van der Waals surface area contributed by atoms with Crippen LogP contribution in [0.15, 0.2) is 24.3 Å². The first kappa shape index (κ1) is 18.7. The van der Waals surface area contributed by atoms with Crippen LogP contribution in [0.2, 0.25) is 0 Å². The Morgan fingerprint density at radius 3 is 2.12 bits per heavy atom. The van der Waals surface area contributed by atoms with Gasteiger partial charge in [-0.15, -0.1) is 0 Å². The number of amides is 2. The van der Waals surface area contributed by atoms with E-state index in [1.165, 1.54) is 12.1 Å². The average Bonchev–Trinajstić information content (AvgIpc) is 3.45. The van der Waals surface area contributed by atoms with Crippen molar-refractivity contribution in [2.75, 3.05) is 13.1 Å². The number of hydrogen-bond donors (Lipinski definition) is 1. The van der Waals surface area contributed by atoms with Gasteiger partial charge in [-0.2, -0.15) is 13.2 Å². The molecule has 1 aromatic rings. The molecule has 1 aliphatic carbocycles. The molecule has 0 radical (unpaired) electrons. The Labute approximate surface area is 150 Å². The number of rotatable bonds is 4. The molecule has 0 bridgehead atoms. The summed E-state index contributed by atoms with van der Waals surface area (Å²) < 4.78 is 37.9. The second-order valence-corrected chi connectivity index (χ2v) is 7.22. The highest BCUT2D eigenvalue weighted by molar-refractivity contribution is 5.82. The normalized spacial score (nSPS) is 19.9. The van der Waals surface area contributed by atoms with Gasteiger partial charge in [0.25, 0.3) is 0 Å². The summed E-state index contributed by atoms with van der Waals surface area (Å²) in [5.41, 5.74) is -0.0693. The summed E-state index contributed by atoms with van der Waals surface area (Å²) in [4.78, 5) is 26.3. The molecule has 2 aliphatic rings. The van der Waals surface area contributed by atoms with Crippen molar-refractivity contribution >= 4 is 11.8 Å². The van der Waals surface area contributed by atoms with Crippen LogP contribution in [0.5, 0.6) is 0 Å². The molecule has 1 heterocycles.